The number of benzene rings is 1. The van der Waals surface area contributed by atoms with E-state index >= 15 is 0 Å². The molecule has 0 unspecified atom stereocenters. The maximum Gasteiger partial charge on any atom is 0.228 e. The molecule has 1 aliphatic rings. The van der Waals surface area contributed by atoms with Crippen LogP contribution in [0.4, 0.5) is 11.4 Å². The molecule has 1 amide bonds. The first-order valence-corrected chi connectivity index (χ1v) is 6.14. The van der Waals surface area contributed by atoms with Crippen LogP contribution in [0.25, 0.3) is 5.69 Å². The minimum atomic E-state index is 0.00611. The van der Waals surface area contributed by atoms with Crippen LogP contribution in [-0.4, -0.2) is 15.7 Å². The highest BCUT2D eigenvalue weighted by atomic mass is 127. The smallest absolute Gasteiger partial charge is 0.228 e. The third-order valence-electron chi connectivity index (χ3n) is 2.68. The Balaban J connectivity index is 2.13. The van der Waals surface area contributed by atoms with Crippen molar-refractivity contribution in [1.29, 1.82) is 0 Å². The zero-order valence-electron chi connectivity index (χ0n) is 8.77. The number of anilines is 2. The molecule has 0 fully saturated rings. The van der Waals surface area contributed by atoms with Crippen LogP contribution in [0.5, 0.6) is 0 Å². The third-order valence-corrected chi connectivity index (χ3v) is 3.23. The molecule has 0 saturated heterocycles. The highest BCUT2D eigenvalue weighted by molar-refractivity contribution is 14.1. The number of hydrogen-bond donors (Lipinski definition) is 2. The molecule has 5 nitrogen and oxygen atoms in total. The first-order valence-electron chi connectivity index (χ1n) is 5.06. The Kier molecular flexibility index (Phi) is 2.32. The van der Waals surface area contributed by atoms with E-state index in [-0.39, 0.29) is 5.91 Å². The molecule has 0 spiro atoms. The number of rotatable bonds is 1. The molecule has 17 heavy (non-hydrogen) atoms. The van der Waals surface area contributed by atoms with Gasteiger partial charge in [0.25, 0.3) is 0 Å². The fraction of sp³-hybridized carbons (Fsp3) is 0.0909. The van der Waals surface area contributed by atoms with E-state index in [4.69, 9.17) is 5.73 Å². The molecule has 1 aliphatic heterocycles. The number of hydrogen-bond acceptors (Lipinski definition) is 3. The molecule has 0 aliphatic carbocycles. The second-order valence-corrected chi connectivity index (χ2v) is 5.14. The quantitative estimate of drug-likeness (QED) is 0.611. The average molecular weight is 340 g/mol. The summed E-state index contributed by atoms with van der Waals surface area (Å²) in [6.45, 7) is 0. The van der Waals surface area contributed by atoms with Crippen molar-refractivity contribution in [2.24, 2.45) is 0 Å². The summed E-state index contributed by atoms with van der Waals surface area (Å²) >= 11 is 2.19. The van der Waals surface area contributed by atoms with E-state index in [9.17, 15) is 4.79 Å². The molecule has 1 aromatic carbocycles. The van der Waals surface area contributed by atoms with E-state index in [2.05, 4.69) is 33.0 Å². The van der Waals surface area contributed by atoms with Gasteiger partial charge in [-0.15, -0.1) is 0 Å². The topological polar surface area (TPSA) is 72.9 Å². The van der Waals surface area contributed by atoms with E-state index in [1.807, 2.05) is 18.3 Å². The van der Waals surface area contributed by atoms with Crippen molar-refractivity contribution in [3.8, 4) is 5.69 Å². The van der Waals surface area contributed by atoms with E-state index in [1.165, 1.54) is 0 Å². The van der Waals surface area contributed by atoms with Crippen molar-refractivity contribution in [2.75, 3.05) is 11.1 Å². The van der Waals surface area contributed by atoms with Crippen molar-refractivity contribution >= 4 is 39.9 Å². The Hall–Kier alpha value is -1.57. The number of carbonyl (C=O) groups is 1. The molecule has 0 atom stereocenters. The van der Waals surface area contributed by atoms with Gasteiger partial charge in [-0.3, -0.25) is 4.79 Å². The Morgan fingerprint density at radius 2 is 2.29 bits per heavy atom. The van der Waals surface area contributed by atoms with Crippen molar-refractivity contribution in [3.05, 3.63) is 33.7 Å². The van der Waals surface area contributed by atoms with Crippen LogP contribution in [0.3, 0.4) is 0 Å². The number of nitrogens with two attached hydrogens (primary N) is 1. The molecule has 1 aromatic heterocycles. The first kappa shape index (κ1) is 10.6. The Morgan fingerprint density at radius 1 is 1.47 bits per heavy atom. The number of carbonyl (C=O) groups excluding carboxylic acids is 1. The summed E-state index contributed by atoms with van der Waals surface area (Å²) in [5.74, 6) is 0.00611. The Labute approximate surface area is 111 Å². The van der Waals surface area contributed by atoms with Gasteiger partial charge in [-0.05, 0) is 40.3 Å². The second kappa shape index (κ2) is 3.73. The fourth-order valence-electron chi connectivity index (χ4n) is 1.91. The van der Waals surface area contributed by atoms with E-state index < -0.39 is 0 Å². The highest BCUT2D eigenvalue weighted by Crippen LogP contribution is 2.30. The number of nitrogens with zero attached hydrogens (tertiary/aromatic N) is 2. The van der Waals surface area contributed by atoms with Gasteiger partial charge in [0.1, 0.15) is 0 Å². The van der Waals surface area contributed by atoms with Gasteiger partial charge in [0.15, 0.2) is 0 Å². The number of aromatic nitrogens is 2. The zero-order valence-corrected chi connectivity index (χ0v) is 10.9. The van der Waals surface area contributed by atoms with Crippen LogP contribution in [0.2, 0.25) is 0 Å². The van der Waals surface area contributed by atoms with Crippen LogP contribution in [-0.2, 0) is 11.2 Å². The molecule has 0 saturated carbocycles. The van der Waals surface area contributed by atoms with Gasteiger partial charge in [0.05, 0.1) is 27.6 Å². The monoisotopic (exact) mass is 340 g/mol. The normalized spacial score (nSPS) is 13.6. The predicted octanol–water partition coefficient (Wildman–Crippen LogP) is 1.55. The number of fused-ring (bicyclic) bond motifs is 1. The van der Waals surface area contributed by atoms with E-state index in [0.29, 0.717) is 12.1 Å². The van der Waals surface area contributed by atoms with Crippen LogP contribution >= 0.6 is 22.6 Å². The summed E-state index contributed by atoms with van der Waals surface area (Å²) in [5.41, 5.74) is 9.16. The van der Waals surface area contributed by atoms with E-state index in [0.717, 1.165) is 20.5 Å². The lowest BCUT2D eigenvalue weighted by Gasteiger charge is -2.08. The number of halogens is 1. The van der Waals surface area contributed by atoms with Crippen molar-refractivity contribution in [3.63, 3.8) is 0 Å². The molecule has 3 rings (SSSR count). The Bertz CT molecular complexity index is 620. The molecule has 2 heterocycles. The van der Waals surface area contributed by atoms with Crippen LogP contribution < -0.4 is 11.1 Å². The van der Waals surface area contributed by atoms with Crippen molar-refractivity contribution in [1.82, 2.24) is 9.78 Å². The van der Waals surface area contributed by atoms with Crippen LogP contribution in [0.1, 0.15) is 5.56 Å². The molecule has 6 heteroatoms. The number of amides is 1. The molecular formula is C11H9IN4O. The van der Waals surface area contributed by atoms with Crippen molar-refractivity contribution in [2.45, 2.75) is 6.42 Å². The number of nitrogen functional groups attached to an aromatic ring is 1. The SMILES string of the molecule is Nc1cc2c(cc1-n1cc(I)cn1)NC(=O)C2. The summed E-state index contributed by atoms with van der Waals surface area (Å²) < 4.78 is 2.74. The molecule has 86 valence electrons. The summed E-state index contributed by atoms with van der Waals surface area (Å²) in [4.78, 5) is 11.3. The van der Waals surface area contributed by atoms with Gasteiger partial charge in [-0.25, -0.2) is 4.68 Å². The van der Waals surface area contributed by atoms with Gasteiger partial charge in [-0.1, -0.05) is 0 Å². The van der Waals surface area contributed by atoms with Crippen LogP contribution in [0, 0.1) is 3.57 Å². The van der Waals surface area contributed by atoms with Crippen molar-refractivity contribution < 1.29 is 4.79 Å². The molecule has 0 bridgehead atoms. The molecular weight excluding hydrogens is 331 g/mol. The zero-order chi connectivity index (χ0) is 12.0. The maximum atomic E-state index is 11.3. The standard InChI is InChI=1S/C11H9IN4O/c12-7-4-14-16(5-7)10-3-9-6(1-8(10)13)2-11(17)15-9/h1,3-5H,2,13H2,(H,15,17). The predicted molar refractivity (Wildman–Crippen MR) is 73.0 cm³/mol. The summed E-state index contributed by atoms with van der Waals surface area (Å²) in [6, 6.07) is 3.69. The lowest BCUT2D eigenvalue weighted by molar-refractivity contribution is -0.115. The largest absolute Gasteiger partial charge is 0.397 e. The minimum absolute atomic E-state index is 0.00611. The lowest BCUT2D eigenvalue weighted by atomic mass is 10.1. The van der Waals surface area contributed by atoms with E-state index in [1.54, 1.807) is 10.9 Å². The van der Waals surface area contributed by atoms with Gasteiger partial charge < -0.3 is 11.1 Å². The third kappa shape index (κ3) is 1.78. The molecule has 2 aromatic rings. The Morgan fingerprint density at radius 3 is 3.00 bits per heavy atom. The summed E-state index contributed by atoms with van der Waals surface area (Å²) in [5, 5.41) is 7.01. The average Bonchev–Trinajstić information content (AvgIpc) is 2.82. The van der Waals surface area contributed by atoms with Gasteiger partial charge in [-0.2, -0.15) is 5.10 Å². The molecule has 0 radical (unpaired) electrons. The fourth-order valence-corrected chi connectivity index (χ4v) is 2.30. The highest BCUT2D eigenvalue weighted by Gasteiger charge is 2.19. The lowest BCUT2D eigenvalue weighted by Crippen LogP contribution is -2.04. The second-order valence-electron chi connectivity index (χ2n) is 3.90. The molecule has 3 N–H and O–H groups in total. The van der Waals surface area contributed by atoms with Gasteiger partial charge in [0, 0.05) is 11.9 Å². The van der Waals surface area contributed by atoms with Gasteiger partial charge in [0.2, 0.25) is 5.91 Å². The summed E-state index contributed by atoms with van der Waals surface area (Å²) in [6.07, 6.45) is 4.04. The maximum absolute atomic E-state index is 11.3. The van der Waals surface area contributed by atoms with Crippen LogP contribution in [0.15, 0.2) is 24.5 Å². The number of nitrogens with one attached hydrogen (secondary N) is 1. The minimum Gasteiger partial charge on any atom is -0.397 e. The summed E-state index contributed by atoms with van der Waals surface area (Å²) in [7, 11) is 0. The van der Waals surface area contributed by atoms with Gasteiger partial charge >= 0.3 is 0 Å². The first-order chi connectivity index (χ1) is 8.13.